The Bertz CT molecular complexity index is 1150. The molecule has 3 heterocycles. The summed E-state index contributed by atoms with van der Waals surface area (Å²) >= 11 is 0. The van der Waals surface area contributed by atoms with Crippen LogP contribution < -0.4 is 10.6 Å². The van der Waals surface area contributed by atoms with E-state index < -0.39 is 0 Å². The molecule has 0 saturated heterocycles. The Morgan fingerprint density at radius 1 is 1.04 bits per heavy atom. The number of nitrogens with zero attached hydrogens (tertiary/aromatic N) is 2. The molecule has 0 aliphatic carbocycles. The molecule has 2 amide bonds. The maximum absolute atomic E-state index is 12.8. The normalized spacial score (nSPS) is 10.8. The highest BCUT2D eigenvalue weighted by Crippen LogP contribution is 2.17. The molecule has 0 aliphatic rings. The Kier molecular flexibility index (Phi) is 4.63. The number of aryl methyl sites for hydroxylation is 1. The van der Waals surface area contributed by atoms with E-state index in [2.05, 4.69) is 15.6 Å². The van der Waals surface area contributed by atoms with Crippen molar-refractivity contribution >= 4 is 23.0 Å². The lowest BCUT2D eigenvalue weighted by Crippen LogP contribution is -2.23. The average molecular weight is 374 g/mol. The van der Waals surface area contributed by atoms with Gasteiger partial charge in [0.1, 0.15) is 5.76 Å². The van der Waals surface area contributed by atoms with E-state index in [1.165, 1.54) is 0 Å². The molecule has 3 aromatic heterocycles. The molecule has 0 unspecified atom stereocenters. The van der Waals surface area contributed by atoms with Crippen molar-refractivity contribution in [1.82, 2.24) is 14.7 Å². The van der Waals surface area contributed by atoms with Gasteiger partial charge in [-0.1, -0.05) is 24.3 Å². The van der Waals surface area contributed by atoms with Gasteiger partial charge in [0.25, 0.3) is 11.8 Å². The standard InChI is InChI=1S/C21H18N4O3/c1-14-7-2-3-9-16(14)23-21(27)19-24-18(17-10-4-5-11-25(17)19)20(26)22-13-15-8-6-12-28-15/h2-12H,13H2,1H3,(H,22,26)(H,23,27). The first-order valence-electron chi connectivity index (χ1n) is 8.78. The fourth-order valence-electron chi connectivity index (χ4n) is 2.92. The summed E-state index contributed by atoms with van der Waals surface area (Å²) in [6.45, 7) is 2.15. The first-order valence-corrected chi connectivity index (χ1v) is 8.78. The molecule has 0 aliphatic heterocycles. The maximum atomic E-state index is 12.8. The summed E-state index contributed by atoms with van der Waals surface area (Å²) in [6, 6.07) is 16.3. The highest BCUT2D eigenvalue weighted by Gasteiger charge is 2.21. The summed E-state index contributed by atoms with van der Waals surface area (Å²) in [5.41, 5.74) is 2.37. The van der Waals surface area contributed by atoms with E-state index in [9.17, 15) is 9.59 Å². The van der Waals surface area contributed by atoms with E-state index in [-0.39, 0.29) is 29.9 Å². The molecule has 1 aromatic carbocycles. The van der Waals surface area contributed by atoms with Crippen LogP contribution in [-0.2, 0) is 6.54 Å². The number of benzene rings is 1. The van der Waals surface area contributed by atoms with Gasteiger partial charge < -0.3 is 15.1 Å². The van der Waals surface area contributed by atoms with E-state index in [4.69, 9.17) is 4.42 Å². The number of carbonyl (C=O) groups is 2. The average Bonchev–Trinajstić information content (AvgIpc) is 3.36. The molecule has 0 atom stereocenters. The fraction of sp³-hybridized carbons (Fsp3) is 0.0952. The number of hydrogen-bond acceptors (Lipinski definition) is 4. The zero-order chi connectivity index (χ0) is 19.5. The van der Waals surface area contributed by atoms with Gasteiger partial charge in [-0.15, -0.1) is 0 Å². The molecule has 140 valence electrons. The van der Waals surface area contributed by atoms with Crippen LogP contribution in [0.15, 0.2) is 71.5 Å². The van der Waals surface area contributed by atoms with Crippen molar-refractivity contribution in [3.8, 4) is 0 Å². The van der Waals surface area contributed by atoms with Gasteiger partial charge in [-0.25, -0.2) is 4.98 Å². The number of carbonyl (C=O) groups excluding carboxylic acids is 2. The van der Waals surface area contributed by atoms with E-state index in [1.54, 1.807) is 47.2 Å². The fourth-order valence-corrected chi connectivity index (χ4v) is 2.92. The van der Waals surface area contributed by atoms with E-state index in [0.717, 1.165) is 5.56 Å². The predicted octanol–water partition coefficient (Wildman–Crippen LogP) is 3.42. The molecule has 0 spiro atoms. The number of aromatic nitrogens is 2. The molecule has 28 heavy (non-hydrogen) atoms. The smallest absolute Gasteiger partial charge is 0.292 e. The number of furan rings is 1. The monoisotopic (exact) mass is 374 g/mol. The van der Waals surface area contributed by atoms with Crippen molar-refractivity contribution < 1.29 is 14.0 Å². The van der Waals surface area contributed by atoms with Gasteiger partial charge in [-0.05, 0) is 42.8 Å². The van der Waals surface area contributed by atoms with Crippen LogP contribution >= 0.6 is 0 Å². The highest BCUT2D eigenvalue weighted by molar-refractivity contribution is 6.06. The Labute approximate surface area is 161 Å². The molecule has 0 saturated carbocycles. The Balaban J connectivity index is 1.63. The molecule has 4 aromatic rings. The number of nitrogens with one attached hydrogen (secondary N) is 2. The first-order chi connectivity index (χ1) is 13.6. The quantitative estimate of drug-likeness (QED) is 0.560. The summed E-state index contributed by atoms with van der Waals surface area (Å²) < 4.78 is 6.83. The van der Waals surface area contributed by atoms with Crippen LogP contribution in [0, 0.1) is 6.92 Å². The number of rotatable bonds is 5. The number of imidazole rings is 1. The SMILES string of the molecule is Cc1ccccc1NC(=O)c1nc(C(=O)NCc2ccco2)c2ccccn12. The van der Waals surface area contributed by atoms with Crippen molar-refractivity contribution in [1.29, 1.82) is 0 Å². The van der Waals surface area contributed by atoms with E-state index in [0.29, 0.717) is 17.0 Å². The zero-order valence-electron chi connectivity index (χ0n) is 15.2. The Morgan fingerprint density at radius 2 is 1.86 bits per heavy atom. The molecule has 7 heteroatoms. The summed E-state index contributed by atoms with van der Waals surface area (Å²) in [4.78, 5) is 29.8. The Hall–Kier alpha value is -3.87. The maximum Gasteiger partial charge on any atom is 0.292 e. The van der Waals surface area contributed by atoms with Crippen molar-refractivity contribution in [2.45, 2.75) is 13.5 Å². The largest absolute Gasteiger partial charge is 0.467 e. The third kappa shape index (κ3) is 3.37. The minimum Gasteiger partial charge on any atom is -0.467 e. The summed E-state index contributed by atoms with van der Waals surface area (Å²) in [5, 5.41) is 5.62. The van der Waals surface area contributed by atoms with Gasteiger partial charge in [-0.2, -0.15) is 0 Å². The summed E-state index contributed by atoms with van der Waals surface area (Å²) in [7, 11) is 0. The van der Waals surface area contributed by atoms with Crippen LogP contribution in [0.2, 0.25) is 0 Å². The third-order valence-corrected chi connectivity index (χ3v) is 4.36. The second-order valence-electron chi connectivity index (χ2n) is 6.27. The van der Waals surface area contributed by atoms with Crippen LogP contribution in [0.5, 0.6) is 0 Å². The minimum atomic E-state index is -0.388. The number of fused-ring (bicyclic) bond motifs is 1. The first kappa shape index (κ1) is 17.5. The molecule has 4 rings (SSSR count). The highest BCUT2D eigenvalue weighted by atomic mass is 16.3. The van der Waals surface area contributed by atoms with E-state index in [1.807, 2.05) is 31.2 Å². The molecule has 7 nitrogen and oxygen atoms in total. The predicted molar refractivity (Wildman–Crippen MR) is 104 cm³/mol. The van der Waals surface area contributed by atoms with Gasteiger partial charge in [0, 0.05) is 11.9 Å². The second kappa shape index (κ2) is 7.40. The molecule has 0 bridgehead atoms. The minimum absolute atomic E-state index is 0.141. The van der Waals surface area contributed by atoms with Crippen molar-refractivity contribution in [2.75, 3.05) is 5.32 Å². The van der Waals surface area contributed by atoms with Gasteiger partial charge in [0.05, 0.1) is 18.3 Å². The molecule has 0 fully saturated rings. The molecular formula is C21H18N4O3. The van der Waals surface area contributed by atoms with Crippen LogP contribution in [0.1, 0.15) is 32.4 Å². The van der Waals surface area contributed by atoms with Gasteiger partial charge in [0.15, 0.2) is 5.69 Å². The number of anilines is 1. The lowest BCUT2D eigenvalue weighted by Gasteiger charge is -2.07. The second-order valence-corrected chi connectivity index (χ2v) is 6.27. The lowest BCUT2D eigenvalue weighted by atomic mass is 10.2. The van der Waals surface area contributed by atoms with E-state index >= 15 is 0 Å². The zero-order valence-corrected chi connectivity index (χ0v) is 15.2. The summed E-state index contributed by atoms with van der Waals surface area (Å²) in [5.74, 6) is 0.00649. The summed E-state index contributed by atoms with van der Waals surface area (Å²) in [6.07, 6.45) is 3.25. The lowest BCUT2D eigenvalue weighted by molar-refractivity contribution is 0.0945. The number of para-hydroxylation sites is 1. The number of pyridine rings is 1. The van der Waals surface area contributed by atoms with Gasteiger partial charge in [-0.3, -0.25) is 14.0 Å². The van der Waals surface area contributed by atoms with Crippen LogP contribution in [-0.4, -0.2) is 21.2 Å². The van der Waals surface area contributed by atoms with Crippen LogP contribution in [0.3, 0.4) is 0 Å². The van der Waals surface area contributed by atoms with Crippen LogP contribution in [0.4, 0.5) is 5.69 Å². The number of hydrogen-bond donors (Lipinski definition) is 2. The van der Waals surface area contributed by atoms with Gasteiger partial charge in [0.2, 0.25) is 5.82 Å². The molecular weight excluding hydrogens is 356 g/mol. The topological polar surface area (TPSA) is 88.6 Å². The third-order valence-electron chi connectivity index (χ3n) is 4.36. The van der Waals surface area contributed by atoms with Crippen molar-refractivity contribution in [3.63, 3.8) is 0 Å². The Morgan fingerprint density at radius 3 is 2.64 bits per heavy atom. The van der Waals surface area contributed by atoms with Crippen molar-refractivity contribution in [3.05, 3.63) is 89.9 Å². The number of amides is 2. The molecule has 2 N–H and O–H groups in total. The molecule has 0 radical (unpaired) electrons. The van der Waals surface area contributed by atoms with Gasteiger partial charge >= 0.3 is 0 Å². The van der Waals surface area contributed by atoms with Crippen molar-refractivity contribution in [2.24, 2.45) is 0 Å². The van der Waals surface area contributed by atoms with Crippen LogP contribution in [0.25, 0.3) is 5.52 Å².